The van der Waals surface area contributed by atoms with Gasteiger partial charge >= 0.3 is 18.9 Å². The SMILES string of the molecule is [CH2-]CC/C=C\C=C\CCCC.[Li+]. The maximum Gasteiger partial charge on any atom is 1.00 e. The van der Waals surface area contributed by atoms with Crippen molar-refractivity contribution < 1.29 is 18.9 Å². The average molecular weight is 158 g/mol. The van der Waals surface area contributed by atoms with E-state index in [1.54, 1.807) is 0 Å². The standard InChI is InChI=1S/C11H19.Li/c1-3-5-7-9-11-10-8-6-4-2;/h7,9-11H,1,3-6,8H2,2H3;/q-1;+1/b9-7-,11-10+;. The molecule has 0 nitrogen and oxygen atoms in total. The van der Waals surface area contributed by atoms with Crippen molar-refractivity contribution >= 4 is 0 Å². The molecule has 0 aliphatic heterocycles. The van der Waals surface area contributed by atoms with Gasteiger partial charge in [-0.2, -0.15) is 6.42 Å². The monoisotopic (exact) mass is 158 g/mol. The molecular weight excluding hydrogens is 139 g/mol. The third-order valence-electron chi connectivity index (χ3n) is 1.48. The minimum absolute atomic E-state index is 0. The van der Waals surface area contributed by atoms with Crippen LogP contribution in [0.15, 0.2) is 24.3 Å². The normalized spacial score (nSPS) is 10.8. The second-order valence-electron chi connectivity index (χ2n) is 2.64. The van der Waals surface area contributed by atoms with Crippen LogP contribution in [0.25, 0.3) is 0 Å². The molecule has 0 aliphatic carbocycles. The topological polar surface area (TPSA) is 0 Å². The fourth-order valence-electron chi connectivity index (χ4n) is 0.789. The molecule has 12 heavy (non-hydrogen) atoms. The summed E-state index contributed by atoms with van der Waals surface area (Å²) >= 11 is 0. The van der Waals surface area contributed by atoms with Gasteiger partial charge in [0, 0.05) is 0 Å². The molecule has 0 N–H and O–H groups in total. The maximum atomic E-state index is 3.76. The van der Waals surface area contributed by atoms with Crippen molar-refractivity contribution in [2.24, 2.45) is 0 Å². The van der Waals surface area contributed by atoms with E-state index in [-0.39, 0.29) is 18.9 Å². The average Bonchev–Trinajstić information content (AvgIpc) is 2.03. The van der Waals surface area contributed by atoms with Crippen LogP contribution in [-0.4, -0.2) is 0 Å². The molecule has 0 spiro atoms. The van der Waals surface area contributed by atoms with Crippen molar-refractivity contribution in [2.45, 2.75) is 39.0 Å². The summed E-state index contributed by atoms with van der Waals surface area (Å²) in [6.45, 7) is 5.97. The Bertz CT molecular complexity index is 114. The molecule has 0 rings (SSSR count). The van der Waals surface area contributed by atoms with E-state index in [0.717, 1.165) is 12.8 Å². The molecule has 0 bridgehead atoms. The van der Waals surface area contributed by atoms with Gasteiger partial charge in [-0.1, -0.05) is 50.5 Å². The van der Waals surface area contributed by atoms with Gasteiger partial charge in [-0.15, -0.1) is 0 Å². The van der Waals surface area contributed by atoms with Crippen molar-refractivity contribution in [2.75, 3.05) is 0 Å². The number of allylic oxidation sites excluding steroid dienone is 4. The van der Waals surface area contributed by atoms with Crippen molar-refractivity contribution in [1.82, 2.24) is 0 Å². The van der Waals surface area contributed by atoms with Crippen LogP contribution < -0.4 is 18.9 Å². The molecule has 0 aromatic rings. The van der Waals surface area contributed by atoms with E-state index in [1.165, 1.54) is 19.3 Å². The van der Waals surface area contributed by atoms with E-state index < -0.39 is 0 Å². The van der Waals surface area contributed by atoms with Gasteiger partial charge in [-0.3, -0.25) is 0 Å². The van der Waals surface area contributed by atoms with E-state index in [4.69, 9.17) is 0 Å². The quantitative estimate of drug-likeness (QED) is 0.233. The fourth-order valence-corrected chi connectivity index (χ4v) is 0.789. The van der Waals surface area contributed by atoms with Gasteiger partial charge < -0.3 is 6.92 Å². The smallest absolute Gasteiger partial charge is 0.343 e. The van der Waals surface area contributed by atoms with E-state index in [2.05, 4.69) is 38.2 Å². The minimum Gasteiger partial charge on any atom is -0.343 e. The van der Waals surface area contributed by atoms with Gasteiger partial charge in [0.15, 0.2) is 0 Å². The Hall–Kier alpha value is 0.0774. The Morgan fingerprint density at radius 2 is 1.67 bits per heavy atom. The number of hydrogen-bond acceptors (Lipinski definition) is 0. The predicted octanol–water partition coefficient (Wildman–Crippen LogP) is 0.907. The molecule has 0 radical (unpaired) electrons. The fraction of sp³-hybridized carbons (Fsp3) is 0.545. The summed E-state index contributed by atoms with van der Waals surface area (Å²) in [5.41, 5.74) is 0. The Balaban J connectivity index is 0. The summed E-state index contributed by atoms with van der Waals surface area (Å²) in [6, 6.07) is 0. The van der Waals surface area contributed by atoms with Gasteiger partial charge in [-0.25, -0.2) is 0 Å². The van der Waals surface area contributed by atoms with Crippen LogP contribution in [-0.2, 0) is 0 Å². The molecule has 0 atom stereocenters. The zero-order chi connectivity index (χ0) is 8.36. The van der Waals surface area contributed by atoms with E-state index in [9.17, 15) is 0 Å². The third kappa shape index (κ3) is 12.7. The molecule has 0 aliphatic rings. The number of rotatable bonds is 6. The van der Waals surface area contributed by atoms with Crippen LogP contribution in [0.1, 0.15) is 39.0 Å². The van der Waals surface area contributed by atoms with Crippen molar-refractivity contribution in [1.29, 1.82) is 0 Å². The van der Waals surface area contributed by atoms with Gasteiger partial charge in [0.05, 0.1) is 0 Å². The van der Waals surface area contributed by atoms with Gasteiger partial charge in [0.25, 0.3) is 0 Å². The molecule has 0 fully saturated rings. The Morgan fingerprint density at radius 1 is 1.08 bits per heavy atom. The first-order valence-corrected chi connectivity index (χ1v) is 4.52. The molecular formula is C11H19Li. The maximum absolute atomic E-state index is 3.76. The van der Waals surface area contributed by atoms with Crippen LogP contribution in [0.5, 0.6) is 0 Å². The van der Waals surface area contributed by atoms with Crippen molar-refractivity contribution in [3.63, 3.8) is 0 Å². The second-order valence-corrected chi connectivity index (χ2v) is 2.64. The van der Waals surface area contributed by atoms with Gasteiger partial charge in [0.2, 0.25) is 0 Å². The third-order valence-corrected chi connectivity index (χ3v) is 1.48. The largest absolute Gasteiger partial charge is 1.00 e. The number of hydrogen-bond donors (Lipinski definition) is 0. The summed E-state index contributed by atoms with van der Waals surface area (Å²) in [7, 11) is 0. The molecule has 0 saturated carbocycles. The zero-order valence-corrected chi connectivity index (χ0v) is 8.55. The van der Waals surface area contributed by atoms with Crippen molar-refractivity contribution in [3.8, 4) is 0 Å². The zero-order valence-electron chi connectivity index (χ0n) is 8.55. The minimum atomic E-state index is 0. The van der Waals surface area contributed by atoms with Crippen LogP contribution in [0.4, 0.5) is 0 Å². The molecule has 0 saturated heterocycles. The van der Waals surface area contributed by atoms with Crippen LogP contribution in [0.3, 0.4) is 0 Å². The van der Waals surface area contributed by atoms with Gasteiger partial charge in [0.1, 0.15) is 0 Å². The number of unbranched alkanes of at least 4 members (excludes halogenated alkanes) is 3. The predicted molar refractivity (Wildman–Crippen MR) is 52.4 cm³/mol. The van der Waals surface area contributed by atoms with E-state index in [1.807, 2.05) is 0 Å². The van der Waals surface area contributed by atoms with Gasteiger partial charge in [-0.05, 0) is 6.42 Å². The Kier molecular flexibility index (Phi) is 16.6. The van der Waals surface area contributed by atoms with Crippen molar-refractivity contribution in [3.05, 3.63) is 31.2 Å². The molecule has 0 amide bonds. The summed E-state index contributed by atoms with van der Waals surface area (Å²) in [5.74, 6) is 0. The second kappa shape index (κ2) is 13.7. The Labute approximate surface area is 89.3 Å². The molecule has 0 heterocycles. The Morgan fingerprint density at radius 3 is 2.17 bits per heavy atom. The molecule has 0 unspecified atom stereocenters. The molecule has 1 heteroatoms. The van der Waals surface area contributed by atoms with Crippen LogP contribution in [0.2, 0.25) is 0 Å². The summed E-state index contributed by atoms with van der Waals surface area (Å²) < 4.78 is 0. The summed E-state index contributed by atoms with van der Waals surface area (Å²) in [6.07, 6.45) is 14.5. The first-order valence-electron chi connectivity index (χ1n) is 4.52. The summed E-state index contributed by atoms with van der Waals surface area (Å²) in [4.78, 5) is 0. The first-order chi connectivity index (χ1) is 5.41. The van der Waals surface area contributed by atoms with E-state index >= 15 is 0 Å². The first kappa shape index (κ1) is 14.6. The summed E-state index contributed by atoms with van der Waals surface area (Å²) in [5, 5.41) is 0. The molecule has 0 aromatic carbocycles. The van der Waals surface area contributed by atoms with Crippen LogP contribution >= 0.6 is 0 Å². The molecule has 64 valence electrons. The molecule has 0 aromatic heterocycles. The van der Waals surface area contributed by atoms with E-state index in [0.29, 0.717) is 0 Å². The van der Waals surface area contributed by atoms with Crippen LogP contribution in [0, 0.1) is 6.92 Å².